The quantitative estimate of drug-likeness (QED) is 0.167. The number of fused-ring (bicyclic) bond motifs is 13. The van der Waals surface area contributed by atoms with Crippen LogP contribution >= 0.6 is 11.3 Å². The Hall–Kier alpha value is -6.69. The number of rotatable bonds is 4. The summed E-state index contributed by atoms with van der Waals surface area (Å²) in [5.41, 5.74) is 17.2. The lowest BCUT2D eigenvalue weighted by Gasteiger charge is -2.42. The Morgan fingerprint density at radius 3 is 1.97 bits per heavy atom. The second-order valence-electron chi connectivity index (χ2n) is 17.0. The molecule has 0 N–H and O–H groups in total. The van der Waals surface area contributed by atoms with Gasteiger partial charge in [-0.2, -0.15) is 0 Å². The number of furan rings is 2. The van der Waals surface area contributed by atoms with E-state index in [4.69, 9.17) is 8.83 Å². The summed E-state index contributed by atoms with van der Waals surface area (Å²) in [5, 5.41) is 8.30. The Morgan fingerprint density at radius 2 is 1.18 bits per heavy atom. The van der Waals surface area contributed by atoms with Crippen molar-refractivity contribution in [2.24, 2.45) is 0 Å². The average molecular weight is 789 g/mol. The van der Waals surface area contributed by atoms with Gasteiger partial charge in [-0.1, -0.05) is 122 Å². The lowest BCUT2D eigenvalue weighted by molar-refractivity contribution is 0.632. The highest BCUT2D eigenvalue weighted by molar-refractivity contribution is 7.17. The lowest BCUT2D eigenvalue weighted by Crippen LogP contribution is -2.73. The number of aryl methyl sites for hydroxylation is 1. The molecule has 13 rings (SSSR count). The van der Waals surface area contributed by atoms with Gasteiger partial charge >= 0.3 is 0 Å². The minimum atomic E-state index is -0.190. The van der Waals surface area contributed by atoms with E-state index in [-0.39, 0.29) is 18.8 Å². The lowest BCUT2D eigenvalue weighted by atomic mass is 9.24. The van der Waals surface area contributed by atoms with E-state index in [9.17, 15) is 0 Å². The number of hydrogen-bond donors (Lipinski definition) is 0. The molecule has 2 aliphatic heterocycles. The SMILES string of the molecule is CCn1c2ccccc2c2ccc(B3c4oc5ccc6sccc6c5c4B(c4ccc(N5c6ccccc6C(C)(C)c6ccccc65)cc4)c4oc5ccccc5c43)cc21. The summed E-state index contributed by atoms with van der Waals surface area (Å²) in [6, 6.07) is 58.0. The van der Waals surface area contributed by atoms with Gasteiger partial charge in [0.25, 0.3) is 13.4 Å². The first-order valence-corrected chi connectivity index (χ1v) is 21.9. The summed E-state index contributed by atoms with van der Waals surface area (Å²) in [6.45, 7) is 7.44. The molecule has 0 bridgehead atoms. The average Bonchev–Trinajstić information content (AvgIpc) is 4.08. The van der Waals surface area contributed by atoms with Crippen LogP contribution in [0.15, 0.2) is 172 Å². The van der Waals surface area contributed by atoms with Crippen LogP contribution < -0.4 is 38.1 Å². The van der Waals surface area contributed by atoms with Crippen molar-refractivity contribution in [2.45, 2.75) is 32.7 Å². The molecule has 7 aromatic carbocycles. The maximum Gasteiger partial charge on any atom is 0.290 e. The molecule has 0 unspecified atom stereocenters. The number of hydrogen-bond acceptors (Lipinski definition) is 4. The zero-order valence-corrected chi connectivity index (χ0v) is 34.4. The number of para-hydroxylation sites is 4. The van der Waals surface area contributed by atoms with E-state index in [1.54, 1.807) is 11.3 Å². The predicted molar refractivity (Wildman–Crippen MR) is 255 cm³/mol. The van der Waals surface area contributed by atoms with Crippen LogP contribution in [0.3, 0.4) is 0 Å². The van der Waals surface area contributed by atoms with E-state index in [1.807, 2.05) is 0 Å². The summed E-state index contributed by atoms with van der Waals surface area (Å²) >= 11 is 1.78. The van der Waals surface area contributed by atoms with E-state index < -0.39 is 0 Å². The molecule has 284 valence electrons. The monoisotopic (exact) mass is 788 g/mol. The van der Waals surface area contributed by atoms with E-state index in [0.29, 0.717) is 0 Å². The first kappa shape index (κ1) is 34.2. The number of thiophene rings is 1. The van der Waals surface area contributed by atoms with Crippen molar-refractivity contribution in [1.82, 2.24) is 4.57 Å². The van der Waals surface area contributed by atoms with E-state index >= 15 is 0 Å². The molecule has 0 saturated heterocycles. The molecule has 0 amide bonds. The van der Waals surface area contributed by atoms with Gasteiger partial charge in [0.2, 0.25) is 0 Å². The summed E-state index contributed by atoms with van der Waals surface area (Å²) in [6.07, 6.45) is 0. The highest BCUT2D eigenvalue weighted by Gasteiger charge is 2.47. The molecule has 4 nitrogen and oxygen atoms in total. The van der Waals surface area contributed by atoms with E-state index in [0.717, 1.165) is 40.1 Å². The molecule has 0 spiro atoms. The molecule has 0 saturated carbocycles. The second-order valence-corrected chi connectivity index (χ2v) is 18.0. The van der Waals surface area contributed by atoms with Gasteiger partial charge in [-0.15, -0.1) is 11.3 Å². The molecule has 0 atom stereocenters. The van der Waals surface area contributed by atoms with Gasteiger partial charge in [0, 0.05) is 60.3 Å². The van der Waals surface area contributed by atoms with Crippen molar-refractivity contribution in [1.29, 1.82) is 0 Å². The van der Waals surface area contributed by atoms with Gasteiger partial charge < -0.3 is 18.3 Å². The summed E-state index contributed by atoms with van der Waals surface area (Å²) in [7, 11) is 0. The molecule has 60 heavy (non-hydrogen) atoms. The third kappa shape index (κ3) is 4.53. The molecule has 2 aliphatic rings. The summed E-state index contributed by atoms with van der Waals surface area (Å²) in [4.78, 5) is 2.43. The third-order valence-electron chi connectivity index (χ3n) is 13.7. The van der Waals surface area contributed by atoms with Crippen LogP contribution in [0.5, 0.6) is 0 Å². The van der Waals surface area contributed by atoms with Gasteiger partial charge in [0.15, 0.2) is 0 Å². The summed E-state index contributed by atoms with van der Waals surface area (Å²) < 4.78 is 18.1. The fourth-order valence-corrected chi connectivity index (χ4v) is 11.8. The highest BCUT2D eigenvalue weighted by atomic mass is 32.1. The van der Waals surface area contributed by atoms with Crippen molar-refractivity contribution in [2.75, 3.05) is 4.90 Å². The van der Waals surface area contributed by atoms with Gasteiger partial charge in [-0.3, -0.25) is 0 Å². The van der Waals surface area contributed by atoms with E-state index in [1.165, 1.54) is 81.6 Å². The molecule has 7 heteroatoms. The number of benzene rings is 7. The second kappa shape index (κ2) is 12.4. The van der Waals surface area contributed by atoms with Gasteiger partial charge in [-0.05, 0) is 95.0 Å². The molecular formula is C53H38B2N2O2S. The normalized spacial score (nSPS) is 14.3. The molecule has 6 heterocycles. The van der Waals surface area contributed by atoms with Gasteiger partial charge in [0.1, 0.15) is 11.2 Å². The zero-order chi connectivity index (χ0) is 39.9. The van der Waals surface area contributed by atoms with Crippen LogP contribution in [0.1, 0.15) is 31.9 Å². The fraction of sp³-hybridized carbons (Fsp3) is 0.0943. The minimum absolute atomic E-state index is 0.122. The Bertz CT molecular complexity index is 3500. The standard InChI is InChI=1S/C53H38B2N2O2S/c1-4-56-41-17-9-5-13-35(41)36-26-23-33(31-44(36)56)55-49-37-14-6-12-20-45(37)58-51(49)54(50-48-38-29-30-60-47(38)28-27-46(48)59-52(50)55)32-21-24-34(25-22-32)57-42-18-10-7-15-39(42)53(2,3)40-16-8-11-19-43(40)57/h5-31H,4H2,1-3H3. The maximum absolute atomic E-state index is 7.25. The minimum Gasteiger partial charge on any atom is -0.471 e. The van der Waals surface area contributed by atoms with Crippen molar-refractivity contribution < 1.29 is 8.83 Å². The van der Waals surface area contributed by atoms with E-state index in [2.05, 4.69) is 193 Å². The maximum atomic E-state index is 7.25. The Labute approximate surface area is 352 Å². The number of anilines is 3. The smallest absolute Gasteiger partial charge is 0.290 e. The summed E-state index contributed by atoms with van der Waals surface area (Å²) in [5.74, 6) is 0. The molecule has 0 radical (unpaired) electrons. The predicted octanol–water partition coefficient (Wildman–Crippen LogP) is 9.98. The number of aromatic nitrogens is 1. The molecule has 11 aromatic rings. The highest BCUT2D eigenvalue weighted by Crippen LogP contribution is 2.51. The van der Waals surface area contributed by atoms with Gasteiger partial charge in [0.05, 0.1) is 22.7 Å². The first-order valence-electron chi connectivity index (χ1n) is 21.0. The number of nitrogens with zero attached hydrogens (tertiary/aromatic N) is 2. The third-order valence-corrected chi connectivity index (χ3v) is 14.6. The largest absolute Gasteiger partial charge is 0.471 e. The van der Waals surface area contributed by atoms with Crippen LogP contribution in [-0.4, -0.2) is 18.0 Å². The Kier molecular flexibility index (Phi) is 7.08. The molecular weight excluding hydrogens is 750 g/mol. The molecule has 0 fully saturated rings. The van der Waals surface area contributed by atoms with Crippen LogP contribution in [0.4, 0.5) is 17.1 Å². The van der Waals surface area contributed by atoms with Crippen LogP contribution in [0.2, 0.25) is 0 Å². The van der Waals surface area contributed by atoms with Gasteiger partial charge in [-0.25, -0.2) is 0 Å². The van der Waals surface area contributed by atoms with Crippen molar-refractivity contribution in [3.05, 3.63) is 174 Å². The Morgan fingerprint density at radius 1 is 0.550 bits per heavy atom. The Balaban J connectivity index is 1.06. The van der Waals surface area contributed by atoms with Crippen LogP contribution in [-0.2, 0) is 12.0 Å². The van der Waals surface area contributed by atoms with Crippen molar-refractivity contribution in [3.63, 3.8) is 0 Å². The van der Waals surface area contributed by atoms with Crippen LogP contribution in [0, 0.1) is 0 Å². The first-order chi connectivity index (χ1) is 29.5. The zero-order valence-electron chi connectivity index (χ0n) is 33.6. The van der Waals surface area contributed by atoms with Crippen LogP contribution in [0.25, 0.3) is 53.8 Å². The fourth-order valence-electron chi connectivity index (χ4n) is 11.0. The topological polar surface area (TPSA) is 34.5 Å². The molecule has 4 aromatic heterocycles. The molecule has 0 aliphatic carbocycles. The van der Waals surface area contributed by atoms with Crippen molar-refractivity contribution in [3.8, 4) is 0 Å². The van der Waals surface area contributed by atoms with Crippen molar-refractivity contribution >= 4 is 129 Å².